The molecule has 3 aromatic rings. The molecule has 1 aromatic heterocycles. The molecule has 0 saturated heterocycles. The Morgan fingerprint density at radius 3 is 2.27 bits per heavy atom. The second kappa shape index (κ2) is 6.58. The Labute approximate surface area is 146 Å². The van der Waals surface area contributed by atoms with Crippen LogP contribution in [-0.4, -0.2) is 24.9 Å². The molecule has 0 amide bonds. The van der Waals surface area contributed by atoms with Crippen molar-refractivity contribution in [3.63, 3.8) is 0 Å². The normalized spacial score (nSPS) is 11.7. The number of sulfone groups is 1. The minimum Gasteiger partial charge on any atom is -0.388 e. The van der Waals surface area contributed by atoms with E-state index in [-0.39, 0.29) is 28.1 Å². The third-order valence-corrected chi connectivity index (χ3v) is 4.79. The lowest BCUT2D eigenvalue weighted by Crippen LogP contribution is -2.05. The van der Waals surface area contributed by atoms with Crippen LogP contribution in [0.1, 0.15) is 5.76 Å². The van der Waals surface area contributed by atoms with E-state index in [9.17, 15) is 26.7 Å². The monoisotopic (exact) mass is 383 g/mol. The zero-order valence-electron chi connectivity index (χ0n) is 13.3. The van der Waals surface area contributed by atoms with Gasteiger partial charge >= 0.3 is 0 Å². The van der Waals surface area contributed by atoms with Crippen molar-refractivity contribution in [2.24, 2.45) is 0 Å². The maximum Gasteiger partial charge on any atom is 0.181 e. The van der Waals surface area contributed by atoms with Crippen molar-refractivity contribution in [3.8, 4) is 22.4 Å². The van der Waals surface area contributed by atoms with Crippen LogP contribution in [0.5, 0.6) is 0 Å². The van der Waals surface area contributed by atoms with E-state index in [0.29, 0.717) is 6.26 Å². The number of hydrogen-bond donors (Lipinski definition) is 1. The number of benzene rings is 2. The van der Waals surface area contributed by atoms with Crippen LogP contribution < -0.4 is 0 Å². The Balaban J connectivity index is 2.26. The Bertz CT molecular complexity index is 1070. The highest BCUT2D eigenvalue weighted by atomic mass is 32.2. The third-order valence-electron chi connectivity index (χ3n) is 3.66. The molecule has 3 rings (SSSR count). The Hall–Kier alpha value is -2.65. The number of aliphatic hydroxyl groups excluding tert-OH is 1. The zero-order valence-corrected chi connectivity index (χ0v) is 14.1. The van der Waals surface area contributed by atoms with E-state index >= 15 is 0 Å². The van der Waals surface area contributed by atoms with E-state index in [1.165, 1.54) is 18.2 Å². The number of halogens is 3. The van der Waals surface area contributed by atoms with Gasteiger partial charge in [-0.15, -0.1) is 0 Å². The molecule has 0 radical (unpaired) electrons. The van der Waals surface area contributed by atoms with Crippen molar-refractivity contribution < 1.29 is 31.2 Å². The summed E-state index contributed by atoms with van der Waals surface area (Å²) < 4.78 is 70.0. The topological polar surface area (TPSA) is 80.4 Å². The Morgan fingerprint density at radius 1 is 1.08 bits per heavy atom. The van der Waals surface area contributed by atoms with Crippen LogP contribution >= 0.6 is 0 Å². The molecule has 9 heteroatoms. The Kier molecular flexibility index (Phi) is 4.59. The van der Waals surface area contributed by atoms with Gasteiger partial charge in [-0.1, -0.05) is 17.3 Å². The minimum absolute atomic E-state index is 0.0379. The summed E-state index contributed by atoms with van der Waals surface area (Å²) in [5.41, 5.74) is 0.254. The quantitative estimate of drug-likeness (QED) is 0.748. The van der Waals surface area contributed by atoms with E-state index < -0.39 is 38.8 Å². The van der Waals surface area contributed by atoms with Crippen molar-refractivity contribution in [2.75, 3.05) is 6.26 Å². The molecular weight excluding hydrogens is 371 g/mol. The fourth-order valence-electron chi connectivity index (χ4n) is 2.62. The van der Waals surface area contributed by atoms with E-state index in [1.807, 2.05) is 0 Å². The third kappa shape index (κ3) is 3.23. The highest BCUT2D eigenvalue weighted by Gasteiger charge is 2.25. The average Bonchev–Trinajstić information content (AvgIpc) is 2.96. The second-order valence-electron chi connectivity index (χ2n) is 5.54. The van der Waals surface area contributed by atoms with Gasteiger partial charge in [0.05, 0.1) is 5.56 Å². The van der Waals surface area contributed by atoms with Crippen LogP contribution in [0.2, 0.25) is 0 Å². The summed E-state index contributed by atoms with van der Waals surface area (Å²) in [5.74, 6) is -3.25. The van der Waals surface area contributed by atoms with E-state index in [1.54, 1.807) is 0 Å². The summed E-state index contributed by atoms with van der Waals surface area (Å²) in [6, 6.07) is 6.86. The van der Waals surface area contributed by atoms with Gasteiger partial charge in [-0.05, 0) is 29.8 Å². The molecule has 0 bridgehead atoms. The SMILES string of the molecule is CS(=O)(=O)c1c(F)cc(-c2c(-c3cccc(F)c3)noc2CO)cc1F. The second-order valence-corrected chi connectivity index (χ2v) is 7.49. The highest BCUT2D eigenvalue weighted by molar-refractivity contribution is 7.90. The standard InChI is InChI=1S/C17H12F3NO4S/c1-26(23,24)17-12(19)6-10(7-13(17)20)15-14(8-22)25-21-16(15)9-3-2-4-11(18)5-9/h2-7,22H,8H2,1H3. The molecule has 5 nitrogen and oxygen atoms in total. The first kappa shape index (κ1) is 18.2. The van der Waals surface area contributed by atoms with Gasteiger partial charge in [0.2, 0.25) is 0 Å². The maximum atomic E-state index is 14.2. The predicted octanol–water partition coefficient (Wildman–Crippen LogP) is 3.32. The largest absolute Gasteiger partial charge is 0.388 e. The van der Waals surface area contributed by atoms with Crippen molar-refractivity contribution in [1.82, 2.24) is 5.16 Å². The van der Waals surface area contributed by atoms with Gasteiger partial charge < -0.3 is 9.63 Å². The lowest BCUT2D eigenvalue weighted by molar-refractivity contribution is 0.230. The van der Waals surface area contributed by atoms with Crippen LogP contribution in [0.25, 0.3) is 22.4 Å². The molecule has 136 valence electrons. The number of aromatic nitrogens is 1. The summed E-state index contributed by atoms with van der Waals surface area (Å²) in [5, 5.41) is 13.2. The van der Waals surface area contributed by atoms with Crippen molar-refractivity contribution in [3.05, 3.63) is 59.6 Å². The first-order valence-corrected chi connectivity index (χ1v) is 9.16. The summed E-state index contributed by atoms with van der Waals surface area (Å²) in [6.45, 7) is -0.630. The summed E-state index contributed by atoms with van der Waals surface area (Å²) >= 11 is 0. The Morgan fingerprint density at radius 2 is 1.73 bits per heavy atom. The lowest BCUT2D eigenvalue weighted by atomic mass is 9.99. The molecule has 0 spiro atoms. The molecule has 0 aliphatic carbocycles. The zero-order chi connectivity index (χ0) is 19.1. The average molecular weight is 383 g/mol. The van der Waals surface area contributed by atoms with Gasteiger partial charge in [-0.2, -0.15) is 0 Å². The fourth-order valence-corrected chi connectivity index (χ4v) is 3.45. The van der Waals surface area contributed by atoms with Gasteiger partial charge in [0.1, 0.15) is 34.6 Å². The van der Waals surface area contributed by atoms with Crippen LogP contribution in [0.15, 0.2) is 45.8 Å². The number of rotatable bonds is 4. The molecular formula is C17H12F3NO4S. The smallest absolute Gasteiger partial charge is 0.181 e. The molecule has 1 N–H and O–H groups in total. The van der Waals surface area contributed by atoms with Gasteiger partial charge in [-0.25, -0.2) is 21.6 Å². The molecule has 0 atom stereocenters. The summed E-state index contributed by atoms with van der Waals surface area (Å²) in [4.78, 5) is -1.06. The van der Waals surface area contributed by atoms with Crippen molar-refractivity contribution >= 4 is 9.84 Å². The summed E-state index contributed by atoms with van der Waals surface area (Å²) in [7, 11) is -4.12. The summed E-state index contributed by atoms with van der Waals surface area (Å²) in [6.07, 6.45) is 0.685. The highest BCUT2D eigenvalue weighted by Crippen LogP contribution is 2.37. The minimum atomic E-state index is -4.12. The van der Waals surface area contributed by atoms with Crippen LogP contribution in [0, 0.1) is 17.5 Å². The lowest BCUT2D eigenvalue weighted by Gasteiger charge is -2.08. The first-order chi connectivity index (χ1) is 12.2. The fraction of sp³-hybridized carbons (Fsp3) is 0.118. The molecule has 1 heterocycles. The van der Waals surface area contributed by atoms with Gasteiger partial charge in [-0.3, -0.25) is 0 Å². The predicted molar refractivity (Wildman–Crippen MR) is 86.3 cm³/mol. The molecule has 2 aromatic carbocycles. The van der Waals surface area contributed by atoms with Gasteiger partial charge in [0, 0.05) is 11.8 Å². The molecule has 26 heavy (non-hydrogen) atoms. The number of hydrogen-bond acceptors (Lipinski definition) is 5. The maximum absolute atomic E-state index is 14.2. The number of aliphatic hydroxyl groups is 1. The van der Waals surface area contributed by atoms with Crippen LogP contribution in [0.4, 0.5) is 13.2 Å². The van der Waals surface area contributed by atoms with Crippen molar-refractivity contribution in [2.45, 2.75) is 11.5 Å². The van der Waals surface area contributed by atoms with Crippen LogP contribution in [-0.2, 0) is 16.4 Å². The molecule has 0 saturated carbocycles. The van der Waals surface area contributed by atoms with E-state index in [0.717, 1.165) is 18.2 Å². The molecule has 0 fully saturated rings. The van der Waals surface area contributed by atoms with E-state index in [2.05, 4.69) is 5.16 Å². The molecule has 0 aliphatic rings. The van der Waals surface area contributed by atoms with Gasteiger partial charge in [0.25, 0.3) is 0 Å². The molecule has 0 aliphatic heterocycles. The van der Waals surface area contributed by atoms with Crippen molar-refractivity contribution in [1.29, 1.82) is 0 Å². The first-order valence-electron chi connectivity index (χ1n) is 7.27. The van der Waals surface area contributed by atoms with Gasteiger partial charge in [0.15, 0.2) is 15.6 Å². The van der Waals surface area contributed by atoms with E-state index in [4.69, 9.17) is 4.52 Å². The number of nitrogens with zero attached hydrogens (tertiary/aromatic N) is 1. The molecule has 0 unspecified atom stereocenters. The van der Waals surface area contributed by atoms with Crippen LogP contribution in [0.3, 0.4) is 0 Å².